The van der Waals surface area contributed by atoms with Crippen LogP contribution >= 0.6 is 15.9 Å². The summed E-state index contributed by atoms with van der Waals surface area (Å²) < 4.78 is 14.0. The monoisotopic (exact) mass is 329 g/mol. The van der Waals surface area contributed by atoms with Gasteiger partial charge in [-0.3, -0.25) is 0 Å². The molecule has 106 valence electrons. The molecule has 1 aliphatic rings. The first kappa shape index (κ1) is 14.9. The standard InChI is InChI=1S/C15H21BrFNO/c16-13-6-12(7-14(17)8-13)9-18-10-15(11-19)4-2-1-3-5-15/h6-8,18-19H,1-5,9-11H2. The molecular formula is C15H21BrFNO. The van der Waals surface area contributed by atoms with Gasteiger partial charge in [-0.1, -0.05) is 35.2 Å². The summed E-state index contributed by atoms with van der Waals surface area (Å²) in [6.07, 6.45) is 5.85. The molecule has 2 rings (SSSR count). The first-order chi connectivity index (χ1) is 9.13. The maximum atomic E-state index is 13.3. The molecule has 1 saturated carbocycles. The Morgan fingerprint density at radius 3 is 2.58 bits per heavy atom. The van der Waals surface area contributed by atoms with Crippen molar-refractivity contribution in [3.63, 3.8) is 0 Å². The van der Waals surface area contributed by atoms with Crippen LogP contribution in [-0.2, 0) is 6.54 Å². The number of benzene rings is 1. The Kier molecular flexibility index (Phi) is 5.37. The fraction of sp³-hybridized carbons (Fsp3) is 0.600. The lowest BCUT2D eigenvalue weighted by atomic mass is 9.74. The van der Waals surface area contributed by atoms with Crippen LogP contribution in [0, 0.1) is 11.2 Å². The normalized spacial score (nSPS) is 18.5. The number of halogens is 2. The third kappa shape index (κ3) is 4.26. The molecule has 0 bridgehead atoms. The van der Waals surface area contributed by atoms with E-state index in [0.29, 0.717) is 6.54 Å². The Morgan fingerprint density at radius 1 is 1.21 bits per heavy atom. The van der Waals surface area contributed by atoms with Crippen LogP contribution in [0.25, 0.3) is 0 Å². The summed E-state index contributed by atoms with van der Waals surface area (Å²) in [5.74, 6) is -0.222. The second kappa shape index (κ2) is 6.82. The second-order valence-corrected chi connectivity index (χ2v) is 6.52. The molecule has 0 saturated heterocycles. The Morgan fingerprint density at radius 2 is 1.95 bits per heavy atom. The van der Waals surface area contributed by atoms with Gasteiger partial charge in [0, 0.05) is 29.6 Å². The highest BCUT2D eigenvalue weighted by atomic mass is 79.9. The van der Waals surface area contributed by atoms with Gasteiger partial charge in [0.05, 0.1) is 0 Å². The van der Waals surface area contributed by atoms with Crippen molar-refractivity contribution in [3.05, 3.63) is 34.1 Å². The zero-order valence-corrected chi connectivity index (χ0v) is 12.7. The Bertz CT molecular complexity index is 398. The van der Waals surface area contributed by atoms with Gasteiger partial charge in [0.2, 0.25) is 0 Å². The van der Waals surface area contributed by atoms with Crippen molar-refractivity contribution in [1.82, 2.24) is 5.32 Å². The molecule has 4 heteroatoms. The topological polar surface area (TPSA) is 32.3 Å². The van der Waals surface area contributed by atoms with Gasteiger partial charge < -0.3 is 10.4 Å². The molecule has 1 aromatic carbocycles. The van der Waals surface area contributed by atoms with Crippen LogP contribution in [0.3, 0.4) is 0 Å². The molecule has 0 heterocycles. The van der Waals surface area contributed by atoms with E-state index in [1.54, 1.807) is 6.07 Å². The molecule has 2 N–H and O–H groups in total. The third-order valence-electron chi connectivity index (χ3n) is 4.00. The summed E-state index contributed by atoms with van der Waals surface area (Å²) in [5, 5.41) is 13.0. The molecule has 0 amide bonds. The molecule has 0 spiro atoms. The Balaban J connectivity index is 1.88. The summed E-state index contributed by atoms with van der Waals surface area (Å²) in [6.45, 7) is 1.68. The minimum atomic E-state index is -0.222. The fourth-order valence-corrected chi connectivity index (χ4v) is 3.39. The minimum Gasteiger partial charge on any atom is -0.396 e. The fourth-order valence-electron chi connectivity index (χ4n) is 2.88. The summed E-state index contributed by atoms with van der Waals surface area (Å²) in [6, 6.07) is 4.92. The molecular weight excluding hydrogens is 309 g/mol. The van der Waals surface area contributed by atoms with Crippen LogP contribution in [0.5, 0.6) is 0 Å². The predicted molar refractivity (Wildman–Crippen MR) is 78.4 cm³/mol. The average molecular weight is 330 g/mol. The summed E-state index contributed by atoms with van der Waals surface area (Å²) in [7, 11) is 0. The maximum absolute atomic E-state index is 13.3. The molecule has 19 heavy (non-hydrogen) atoms. The van der Waals surface area contributed by atoms with Crippen molar-refractivity contribution < 1.29 is 9.50 Å². The molecule has 1 aromatic rings. The molecule has 0 atom stereocenters. The SMILES string of the molecule is OCC1(CNCc2cc(F)cc(Br)c2)CCCCC1. The molecule has 1 fully saturated rings. The van der Waals surface area contributed by atoms with E-state index in [2.05, 4.69) is 21.2 Å². The highest BCUT2D eigenvalue weighted by Gasteiger charge is 2.30. The van der Waals surface area contributed by atoms with Crippen LogP contribution in [0.2, 0.25) is 0 Å². The van der Waals surface area contributed by atoms with Crippen LogP contribution in [0.4, 0.5) is 4.39 Å². The van der Waals surface area contributed by atoms with Crippen molar-refractivity contribution in [1.29, 1.82) is 0 Å². The lowest BCUT2D eigenvalue weighted by Crippen LogP contribution is -2.38. The lowest BCUT2D eigenvalue weighted by Gasteiger charge is -2.35. The Hall–Kier alpha value is -0.450. The number of aliphatic hydroxyl groups is 1. The van der Waals surface area contributed by atoms with Crippen molar-refractivity contribution in [2.75, 3.05) is 13.2 Å². The number of aliphatic hydroxyl groups excluding tert-OH is 1. The number of rotatable bonds is 5. The first-order valence-corrected chi connectivity index (χ1v) is 7.69. The van der Waals surface area contributed by atoms with E-state index in [1.165, 1.54) is 25.3 Å². The van der Waals surface area contributed by atoms with Gasteiger partial charge in [-0.25, -0.2) is 4.39 Å². The smallest absolute Gasteiger partial charge is 0.124 e. The van der Waals surface area contributed by atoms with Crippen molar-refractivity contribution in [2.45, 2.75) is 38.6 Å². The third-order valence-corrected chi connectivity index (χ3v) is 4.46. The zero-order chi connectivity index (χ0) is 13.7. The van der Waals surface area contributed by atoms with Crippen molar-refractivity contribution in [2.24, 2.45) is 5.41 Å². The molecule has 0 radical (unpaired) electrons. The molecule has 1 aliphatic carbocycles. The van der Waals surface area contributed by atoms with Gasteiger partial charge in [0.25, 0.3) is 0 Å². The molecule has 0 aromatic heterocycles. The van der Waals surface area contributed by atoms with Gasteiger partial charge in [0.1, 0.15) is 5.82 Å². The van der Waals surface area contributed by atoms with Gasteiger partial charge in [-0.15, -0.1) is 0 Å². The van der Waals surface area contributed by atoms with E-state index >= 15 is 0 Å². The maximum Gasteiger partial charge on any atom is 0.124 e. The first-order valence-electron chi connectivity index (χ1n) is 6.90. The highest BCUT2D eigenvalue weighted by Crippen LogP contribution is 2.35. The van der Waals surface area contributed by atoms with Gasteiger partial charge in [0.15, 0.2) is 0 Å². The number of nitrogens with one attached hydrogen (secondary N) is 1. The highest BCUT2D eigenvalue weighted by molar-refractivity contribution is 9.10. The average Bonchev–Trinajstić information content (AvgIpc) is 2.39. The molecule has 2 nitrogen and oxygen atoms in total. The summed E-state index contributed by atoms with van der Waals surface area (Å²) in [4.78, 5) is 0. The predicted octanol–water partition coefficient (Wildman–Crippen LogP) is 3.62. The second-order valence-electron chi connectivity index (χ2n) is 5.60. The molecule has 0 aliphatic heterocycles. The number of hydrogen-bond donors (Lipinski definition) is 2. The van der Waals surface area contributed by atoms with E-state index in [0.717, 1.165) is 29.4 Å². The van der Waals surface area contributed by atoms with Crippen LogP contribution in [0.1, 0.15) is 37.7 Å². The van der Waals surface area contributed by atoms with Crippen LogP contribution < -0.4 is 5.32 Å². The van der Waals surface area contributed by atoms with Crippen LogP contribution in [0.15, 0.2) is 22.7 Å². The lowest BCUT2D eigenvalue weighted by molar-refractivity contribution is 0.0810. The van der Waals surface area contributed by atoms with E-state index < -0.39 is 0 Å². The van der Waals surface area contributed by atoms with Gasteiger partial charge in [-0.05, 0) is 36.6 Å². The number of hydrogen-bond acceptors (Lipinski definition) is 2. The quantitative estimate of drug-likeness (QED) is 0.864. The van der Waals surface area contributed by atoms with E-state index in [9.17, 15) is 9.50 Å². The van der Waals surface area contributed by atoms with Crippen molar-refractivity contribution in [3.8, 4) is 0 Å². The van der Waals surface area contributed by atoms with Crippen LogP contribution in [-0.4, -0.2) is 18.3 Å². The molecule has 0 unspecified atom stereocenters. The van der Waals surface area contributed by atoms with E-state index in [-0.39, 0.29) is 17.8 Å². The zero-order valence-electron chi connectivity index (χ0n) is 11.1. The minimum absolute atomic E-state index is 0.0306. The van der Waals surface area contributed by atoms with Gasteiger partial charge >= 0.3 is 0 Å². The summed E-state index contributed by atoms with van der Waals surface area (Å²) in [5.41, 5.74) is 0.957. The Labute approximate surface area is 122 Å². The summed E-state index contributed by atoms with van der Waals surface area (Å²) >= 11 is 3.30. The van der Waals surface area contributed by atoms with E-state index in [1.807, 2.05) is 6.07 Å². The van der Waals surface area contributed by atoms with E-state index in [4.69, 9.17) is 0 Å². The van der Waals surface area contributed by atoms with Gasteiger partial charge in [-0.2, -0.15) is 0 Å². The largest absolute Gasteiger partial charge is 0.396 e. The van der Waals surface area contributed by atoms with Crippen molar-refractivity contribution >= 4 is 15.9 Å².